The van der Waals surface area contributed by atoms with Gasteiger partial charge in [0.2, 0.25) is 0 Å². The first-order chi connectivity index (χ1) is 9.56. The van der Waals surface area contributed by atoms with Gasteiger partial charge in [-0.05, 0) is 66.9 Å². The highest BCUT2D eigenvalue weighted by Gasteiger charge is 2.48. The minimum absolute atomic E-state index is 0.236. The number of hydrogen-bond acceptors (Lipinski definition) is 2. The predicted molar refractivity (Wildman–Crippen MR) is 83.2 cm³/mol. The zero-order valence-corrected chi connectivity index (χ0v) is 13.0. The Balaban J connectivity index is 1.95. The first kappa shape index (κ1) is 13.9. The summed E-state index contributed by atoms with van der Waals surface area (Å²) in [5, 5.41) is 9.84. The van der Waals surface area contributed by atoms with Crippen LogP contribution in [-0.4, -0.2) is 29.1 Å². The summed E-state index contributed by atoms with van der Waals surface area (Å²) in [5.41, 5.74) is 3.09. The average Bonchev–Trinajstić information content (AvgIpc) is 2.43. The fourth-order valence-corrected chi connectivity index (χ4v) is 4.33. The van der Waals surface area contributed by atoms with Gasteiger partial charge >= 0.3 is 0 Å². The van der Waals surface area contributed by atoms with Crippen LogP contribution < -0.4 is 0 Å². The first-order valence-electron chi connectivity index (χ1n) is 8.12. The Hall–Kier alpha value is -1.02. The number of phenols is 1. The third-order valence-corrected chi connectivity index (χ3v) is 5.91. The highest BCUT2D eigenvalue weighted by atomic mass is 16.3. The van der Waals surface area contributed by atoms with Gasteiger partial charge in [-0.15, -0.1) is 0 Å². The number of likely N-dealkylation sites (tertiary alicyclic amines) is 1. The topological polar surface area (TPSA) is 23.5 Å². The lowest BCUT2D eigenvalue weighted by molar-refractivity contribution is 0.0306. The fraction of sp³-hybridized carbons (Fsp3) is 0.667. The molecule has 110 valence electrons. The molecule has 2 aliphatic rings. The van der Waals surface area contributed by atoms with E-state index in [4.69, 9.17) is 0 Å². The summed E-state index contributed by atoms with van der Waals surface area (Å²) < 4.78 is 0. The van der Waals surface area contributed by atoms with E-state index in [1.807, 2.05) is 12.1 Å². The van der Waals surface area contributed by atoms with Gasteiger partial charge in [-0.1, -0.05) is 33.3 Å². The Bertz CT molecular complexity index is 498. The third-order valence-electron chi connectivity index (χ3n) is 5.91. The Morgan fingerprint density at radius 2 is 2.20 bits per heavy atom. The van der Waals surface area contributed by atoms with Gasteiger partial charge in [-0.2, -0.15) is 0 Å². The Morgan fingerprint density at radius 1 is 1.40 bits per heavy atom. The van der Waals surface area contributed by atoms with Crippen molar-refractivity contribution in [2.75, 3.05) is 13.1 Å². The first-order valence-corrected chi connectivity index (χ1v) is 8.12. The van der Waals surface area contributed by atoms with E-state index in [2.05, 4.69) is 31.7 Å². The summed E-state index contributed by atoms with van der Waals surface area (Å²) in [6.45, 7) is 9.54. The maximum atomic E-state index is 9.84. The fourth-order valence-electron chi connectivity index (χ4n) is 4.33. The van der Waals surface area contributed by atoms with E-state index in [1.165, 1.54) is 43.5 Å². The quantitative estimate of drug-likeness (QED) is 0.907. The van der Waals surface area contributed by atoms with Crippen molar-refractivity contribution < 1.29 is 5.11 Å². The second kappa shape index (κ2) is 5.07. The van der Waals surface area contributed by atoms with Crippen LogP contribution in [0.3, 0.4) is 0 Å². The van der Waals surface area contributed by atoms with Crippen LogP contribution in [0.1, 0.15) is 51.2 Å². The standard InChI is InChI=1S/C18H27NO/c1-4-5-9-19-10-8-18(3)13(2)17(19)11-14-6-7-15(20)12-16(14)18/h6-7,12-13,17,20H,4-5,8-11H2,1-3H3/t13-,17-,18+/m0/s1. The molecule has 1 heterocycles. The molecule has 20 heavy (non-hydrogen) atoms. The van der Waals surface area contributed by atoms with E-state index in [0.29, 0.717) is 17.7 Å². The molecule has 3 atom stereocenters. The number of phenolic OH excluding ortho intramolecular Hbond substituents is 1. The van der Waals surface area contributed by atoms with E-state index < -0.39 is 0 Å². The molecular weight excluding hydrogens is 246 g/mol. The van der Waals surface area contributed by atoms with Gasteiger partial charge < -0.3 is 5.11 Å². The molecule has 0 spiro atoms. The lowest BCUT2D eigenvalue weighted by Crippen LogP contribution is -2.58. The summed E-state index contributed by atoms with van der Waals surface area (Å²) >= 11 is 0. The van der Waals surface area contributed by atoms with E-state index >= 15 is 0 Å². The average molecular weight is 273 g/mol. The van der Waals surface area contributed by atoms with Crippen molar-refractivity contribution in [2.45, 2.75) is 57.9 Å². The molecule has 0 unspecified atom stereocenters. The van der Waals surface area contributed by atoms with Crippen LogP contribution in [-0.2, 0) is 11.8 Å². The van der Waals surface area contributed by atoms with Crippen LogP contribution in [0.2, 0.25) is 0 Å². The molecule has 0 aromatic heterocycles. The molecule has 1 N–H and O–H groups in total. The van der Waals surface area contributed by atoms with Crippen LogP contribution in [0.25, 0.3) is 0 Å². The van der Waals surface area contributed by atoms with Crippen molar-refractivity contribution in [3.8, 4) is 5.75 Å². The van der Waals surface area contributed by atoms with Crippen LogP contribution in [0.15, 0.2) is 18.2 Å². The molecule has 1 aliphatic heterocycles. The number of fused-ring (bicyclic) bond motifs is 4. The predicted octanol–water partition coefficient (Wildman–Crippen LogP) is 3.72. The molecule has 1 aromatic carbocycles. The van der Waals surface area contributed by atoms with Crippen molar-refractivity contribution in [1.29, 1.82) is 0 Å². The zero-order valence-electron chi connectivity index (χ0n) is 13.0. The van der Waals surface area contributed by atoms with E-state index in [-0.39, 0.29) is 5.41 Å². The summed E-state index contributed by atoms with van der Waals surface area (Å²) in [6, 6.07) is 6.69. The summed E-state index contributed by atoms with van der Waals surface area (Å²) in [6.07, 6.45) is 4.95. The highest BCUT2D eigenvalue weighted by molar-refractivity contribution is 5.44. The number of nitrogens with zero attached hydrogens (tertiary/aromatic N) is 1. The summed E-state index contributed by atoms with van der Waals surface area (Å²) in [7, 11) is 0. The van der Waals surface area contributed by atoms with E-state index in [1.54, 1.807) is 0 Å². The molecule has 1 aliphatic carbocycles. The lowest BCUT2D eigenvalue weighted by Gasteiger charge is -2.54. The van der Waals surface area contributed by atoms with Crippen molar-refractivity contribution in [3.05, 3.63) is 29.3 Å². The molecule has 2 heteroatoms. The zero-order chi connectivity index (χ0) is 14.3. The van der Waals surface area contributed by atoms with Gasteiger partial charge in [0.25, 0.3) is 0 Å². The van der Waals surface area contributed by atoms with Gasteiger partial charge in [0, 0.05) is 6.04 Å². The monoisotopic (exact) mass is 273 g/mol. The maximum absolute atomic E-state index is 9.84. The summed E-state index contributed by atoms with van der Waals surface area (Å²) in [4.78, 5) is 2.71. The lowest BCUT2D eigenvalue weighted by atomic mass is 9.59. The molecule has 2 bridgehead atoms. The molecular formula is C18H27NO. The Morgan fingerprint density at radius 3 is 2.95 bits per heavy atom. The molecule has 1 aromatic rings. The van der Waals surface area contributed by atoms with Gasteiger partial charge in [0.1, 0.15) is 5.75 Å². The second-order valence-corrected chi connectivity index (χ2v) is 6.96. The highest BCUT2D eigenvalue weighted by Crippen LogP contribution is 2.49. The maximum Gasteiger partial charge on any atom is 0.115 e. The number of benzene rings is 1. The van der Waals surface area contributed by atoms with Gasteiger partial charge in [-0.25, -0.2) is 0 Å². The van der Waals surface area contributed by atoms with Gasteiger partial charge in [0.15, 0.2) is 0 Å². The third kappa shape index (κ3) is 2.05. The SMILES string of the molecule is CCCCN1CC[C@@]2(C)c3cc(O)ccc3C[C@H]1[C@@H]2C. The minimum Gasteiger partial charge on any atom is -0.508 e. The van der Waals surface area contributed by atoms with Gasteiger partial charge in [0.05, 0.1) is 0 Å². The normalized spacial score (nSPS) is 33.0. The van der Waals surface area contributed by atoms with Crippen molar-refractivity contribution in [1.82, 2.24) is 4.90 Å². The van der Waals surface area contributed by atoms with Crippen molar-refractivity contribution in [2.24, 2.45) is 5.92 Å². The van der Waals surface area contributed by atoms with Crippen LogP contribution >= 0.6 is 0 Å². The van der Waals surface area contributed by atoms with Crippen LogP contribution in [0, 0.1) is 5.92 Å². The number of rotatable bonds is 3. The van der Waals surface area contributed by atoms with E-state index in [0.717, 1.165) is 6.42 Å². The van der Waals surface area contributed by atoms with Crippen LogP contribution in [0.5, 0.6) is 5.75 Å². The van der Waals surface area contributed by atoms with Crippen molar-refractivity contribution in [3.63, 3.8) is 0 Å². The minimum atomic E-state index is 0.236. The second-order valence-electron chi connectivity index (χ2n) is 6.96. The molecule has 1 fully saturated rings. The number of aromatic hydroxyl groups is 1. The smallest absolute Gasteiger partial charge is 0.115 e. The molecule has 0 radical (unpaired) electrons. The van der Waals surface area contributed by atoms with E-state index in [9.17, 15) is 5.11 Å². The van der Waals surface area contributed by atoms with Crippen LogP contribution in [0.4, 0.5) is 0 Å². The number of unbranched alkanes of at least 4 members (excludes halogenated alkanes) is 1. The molecule has 0 amide bonds. The number of piperidine rings is 1. The Kier molecular flexibility index (Phi) is 3.53. The molecule has 1 saturated heterocycles. The molecule has 3 rings (SSSR count). The largest absolute Gasteiger partial charge is 0.508 e. The number of hydrogen-bond donors (Lipinski definition) is 1. The Labute approximate surface area is 122 Å². The van der Waals surface area contributed by atoms with Gasteiger partial charge in [-0.3, -0.25) is 4.90 Å². The molecule has 0 saturated carbocycles. The van der Waals surface area contributed by atoms with Crippen molar-refractivity contribution >= 4 is 0 Å². The molecule has 2 nitrogen and oxygen atoms in total. The summed E-state index contributed by atoms with van der Waals surface area (Å²) in [5.74, 6) is 1.09.